The van der Waals surface area contributed by atoms with Crippen LogP contribution in [0.1, 0.15) is 52.0 Å². The molecule has 4 N–H and O–H groups in total. The van der Waals surface area contributed by atoms with Gasteiger partial charge in [-0.1, -0.05) is 42.8 Å². The molecule has 3 amide bonds. The van der Waals surface area contributed by atoms with E-state index in [1.54, 1.807) is 41.3 Å². The predicted octanol–water partition coefficient (Wildman–Crippen LogP) is 7.43. The van der Waals surface area contributed by atoms with Gasteiger partial charge in [0.2, 0.25) is 0 Å². The number of hydrogen-bond donors (Lipinski definition) is 3. The van der Waals surface area contributed by atoms with E-state index in [4.69, 9.17) is 22.1 Å². The van der Waals surface area contributed by atoms with Crippen LogP contribution in [0.25, 0.3) is 10.4 Å². The van der Waals surface area contributed by atoms with Gasteiger partial charge in [0.1, 0.15) is 5.82 Å². The Labute approximate surface area is 320 Å². The van der Waals surface area contributed by atoms with Crippen LogP contribution in [0.3, 0.4) is 0 Å². The van der Waals surface area contributed by atoms with Crippen molar-refractivity contribution in [3.63, 3.8) is 0 Å². The van der Waals surface area contributed by atoms with Gasteiger partial charge in [-0.15, -0.1) is 11.3 Å². The van der Waals surface area contributed by atoms with Gasteiger partial charge >= 0.3 is 0 Å². The molecule has 3 aromatic carbocycles. The number of benzene rings is 3. The number of allylic oxidation sites excluding steroid dienone is 2. The Morgan fingerprint density at radius 1 is 1.07 bits per heavy atom. The largest absolute Gasteiger partial charge is 0.405 e. The molecule has 4 heterocycles. The van der Waals surface area contributed by atoms with Crippen LogP contribution in [0.5, 0.6) is 0 Å². The Kier molecular flexibility index (Phi) is 10.9. The number of likely N-dealkylation sites (tertiary alicyclic amines) is 1. The Hall–Kier alpha value is -4.95. The molecule has 14 heteroatoms. The number of nitrogens with two attached hydrogens (primary N) is 1. The molecule has 1 atom stereocenters. The van der Waals surface area contributed by atoms with Crippen LogP contribution in [0, 0.1) is 17.0 Å². The molecule has 3 aliphatic heterocycles. The van der Waals surface area contributed by atoms with Crippen LogP contribution in [0.15, 0.2) is 84.6 Å². The molecule has 54 heavy (non-hydrogen) atoms. The number of aromatic nitrogens is 1. The van der Waals surface area contributed by atoms with Gasteiger partial charge in [-0.25, -0.2) is 13.8 Å². The van der Waals surface area contributed by atoms with Crippen molar-refractivity contribution in [1.29, 1.82) is 0 Å². The van der Waals surface area contributed by atoms with Crippen molar-refractivity contribution in [3.05, 3.63) is 118 Å². The Morgan fingerprint density at radius 2 is 1.81 bits per heavy atom. The standard InChI is InChI=1S/C40H39ClF2N6O4S/c1-2-32(48-22-40(23-48)14-18-53-19-15-40)28(7-5-16-44)36(50)45-26-11-9-24(10-12-26)39(52)49-17-13-31-35(27-6-3-4-8-33(27)49)54-38(46-31)37(51)47-34-29(41)20-25(42)21-30(34)43/h3-12,16,20-21,32H,2,13-15,17-19,22-23,44H2,1H3,(H,45,50)(H,47,51)/b16-5-,28-7+. The maximum Gasteiger partial charge on any atom is 0.284 e. The predicted molar refractivity (Wildman–Crippen MR) is 207 cm³/mol. The van der Waals surface area contributed by atoms with E-state index in [9.17, 15) is 23.2 Å². The number of hydrogen-bond acceptors (Lipinski definition) is 8. The van der Waals surface area contributed by atoms with Crippen molar-refractivity contribution in [3.8, 4) is 10.4 Å². The van der Waals surface area contributed by atoms with Gasteiger partial charge in [0, 0.05) is 79.2 Å². The number of amides is 3. The second-order valence-electron chi connectivity index (χ2n) is 13.7. The fourth-order valence-electron chi connectivity index (χ4n) is 7.49. The number of nitrogens with zero attached hydrogens (tertiary/aromatic N) is 3. The van der Waals surface area contributed by atoms with Gasteiger partial charge in [-0.05, 0) is 67.9 Å². The fraction of sp³-hybridized carbons (Fsp3) is 0.300. The van der Waals surface area contributed by atoms with Crippen LogP contribution in [-0.2, 0) is 16.0 Å². The molecule has 0 radical (unpaired) electrons. The summed E-state index contributed by atoms with van der Waals surface area (Å²) in [4.78, 5) is 50.1. The number of ether oxygens (including phenoxy) is 1. The molecule has 3 aliphatic rings. The van der Waals surface area contributed by atoms with E-state index in [1.807, 2.05) is 24.3 Å². The molecule has 0 saturated carbocycles. The fourth-order valence-corrected chi connectivity index (χ4v) is 8.77. The van der Waals surface area contributed by atoms with Crippen molar-refractivity contribution >= 4 is 57.7 Å². The lowest BCUT2D eigenvalue weighted by molar-refractivity contribution is -0.116. The van der Waals surface area contributed by atoms with E-state index in [2.05, 4.69) is 27.4 Å². The lowest BCUT2D eigenvalue weighted by Crippen LogP contribution is -2.62. The number of rotatable bonds is 9. The average Bonchev–Trinajstić information content (AvgIpc) is 3.52. The highest BCUT2D eigenvalue weighted by Crippen LogP contribution is 2.43. The van der Waals surface area contributed by atoms with E-state index in [0.717, 1.165) is 63.0 Å². The van der Waals surface area contributed by atoms with Gasteiger partial charge in [0.05, 0.1) is 27.0 Å². The molecular weight excluding hydrogens is 734 g/mol. The smallest absolute Gasteiger partial charge is 0.284 e. The van der Waals surface area contributed by atoms with E-state index in [0.29, 0.717) is 51.1 Å². The minimum atomic E-state index is -1.00. The molecule has 7 rings (SSSR count). The number of thiazole rings is 1. The summed E-state index contributed by atoms with van der Waals surface area (Å²) in [5, 5.41) is 5.23. The number of carbonyl (C=O) groups excluding carboxylic acids is 3. The molecule has 0 aliphatic carbocycles. The lowest BCUT2D eigenvalue weighted by Gasteiger charge is -2.55. The molecule has 1 unspecified atom stereocenters. The second kappa shape index (κ2) is 15.8. The summed E-state index contributed by atoms with van der Waals surface area (Å²) in [5.74, 6) is -3.02. The first kappa shape index (κ1) is 37.4. The third kappa shape index (κ3) is 7.54. The minimum absolute atomic E-state index is 0.0712. The van der Waals surface area contributed by atoms with Gasteiger partial charge in [-0.2, -0.15) is 0 Å². The molecule has 1 aromatic heterocycles. The van der Waals surface area contributed by atoms with Gasteiger partial charge in [0.25, 0.3) is 17.7 Å². The van der Waals surface area contributed by atoms with E-state index >= 15 is 0 Å². The summed E-state index contributed by atoms with van der Waals surface area (Å²) < 4.78 is 33.5. The molecule has 280 valence electrons. The SMILES string of the molecule is CCC(/C(=C\C=C/N)C(=O)Nc1ccc(C(=O)N2CCc3nc(C(=O)Nc4c(F)cc(F)cc4Cl)sc3-c3ccccc32)cc1)N1CC2(CCOCC2)C1. The molecule has 2 fully saturated rings. The maximum absolute atomic E-state index is 14.4. The van der Waals surface area contributed by atoms with Crippen molar-refractivity contribution in [1.82, 2.24) is 9.88 Å². The number of fused-ring (bicyclic) bond motifs is 3. The summed E-state index contributed by atoms with van der Waals surface area (Å²) in [6.07, 6.45) is 8.04. The minimum Gasteiger partial charge on any atom is -0.405 e. The zero-order valence-electron chi connectivity index (χ0n) is 29.5. The number of carbonyl (C=O) groups is 3. The van der Waals surface area contributed by atoms with Crippen LogP contribution in [0.2, 0.25) is 5.02 Å². The highest BCUT2D eigenvalue weighted by atomic mass is 35.5. The highest BCUT2D eigenvalue weighted by molar-refractivity contribution is 7.17. The van der Waals surface area contributed by atoms with Gasteiger partial charge in [-0.3, -0.25) is 19.3 Å². The highest BCUT2D eigenvalue weighted by Gasteiger charge is 2.47. The number of nitrogens with one attached hydrogen (secondary N) is 2. The average molecular weight is 773 g/mol. The molecule has 10 nitrogen and oxygen atoms in total. The monoisotopic (exact) mass is 772 g/mol. The van der Waals surface area contributed by atoms with E-state index in [1.165, 1.54) is 6.20 Å². The first-order valence-electron chi connectivity index (χ1n) is 17.8. The summed E-state index contributed by atoms with van der Waals surface area (Å²) in [5.41, 5.74) is 9.15. The summed E-state index contributed by atoms with van der Waals surface area (Å²) in [6, 6.07) is 15.6. The molecule has 0 bridgehead atoms. The second-order valence-corrected chi connectivity index (χ2v) is 15.1. The third-order valence-electron chi connectivity index (χ3n) is 10.2. The maximum atomic E-state index is 14.4. The summed E-state index contributed by atoms with van der Waals surface area (Å²) >= 11 is 7.10. The first-order chi connectivity index (χ1) is 26.1. The van der Waals surface area contributed by atoms with Crippen LogP contribution >= 0.6 is 22.9 Å². The Bertz CT molecular complexity index is 2120. The van der Waals surface area contributed by atoms with Crippen LogP contribution in [-0.4, -0.2) is 66.5 Å². The number of anilines is 3. The van der Waals surface area contributed by atoms with Crippen molar-refractivity contribution in [2.75, 3.05) is 48.4 Å². The number of para-hydroxylation sites is 1. The summed E-state index contributed by atoms with van der Waals surface area (Å²) in [7, 11) is 0. The van der Waals surface area contributed by atoms with Crippen LogP contribution in [0.4, 0.5) is 25.8 Å². The third-order valence-corrected chi connectivity index (χ3v) is 11.7. The van der Waals surface area contributed by atoms with E-state index in [-0.39, 0.29) is 45.5 Å². The molecule has 1 spiro atoms. The lowest BCUT2D eigenvalue weighted by atomic mass is 9.72. The normalized spacial score (nSPS) is 17.3. The van der Waals surface area contributed by atoms with Crippen molar-refractivity contribution in [2.24, 2.45) is 11.1 Å². The van der Waals surface area contributed by atoms with Crippen molar-refractivity contribution < 1.29 is 27.9 Å². The molecule has 4 aromatic rings. The Balaban J connectivity index is 1.05. The topological polar surface area (TPSA) is 130 Å². The zero-order chi connectivity index (χ0) is 38.0. The molecule has 2 saturated heterocycles. The summed E-state index contributed by atoms with van der Waals surface area (Å²) in [6.45, 7) is 5.76. The quantitative estimate of drug-likeness (QED) is 0.119. The van der Waals surface area contributed by atoms with Crippen LogP contribution < -0.4 is 21.3 Å². The van der Waals surface area contributed by atoms with E-state index < -0.39 is 17.5 Å². The van der Waals surface area contributed by atoms with Crippen molar-refractivity contribution in [2.45, 2.75) is 38.6 Å². The number of halogens is 3. The van der Waals surface area contributed by atoms with Gasteiger partial charge < -0.3 is 26.0 Å². The Morgan fingerprint density at radius 3 is 2.52 bits per heavy atom. The first-order valence-corrected chi connectivity index (χ1v) is 19.0. The van der Waals surface area contributed by atoms with Gasteiger partial charge in [0.15, 0.2) is 10.8 Å². The molecular formula is C40H39ClF2N6O4S. The zero-order valence-corrected chi connectivity index (χ0v) is 31.1.